The molecule has 110 valence electrons. The zero-order valence-electron chi connectivity index (χ0n) is 11.6. The quantitative estimate of drug-likeness (QED) is 0.757. The molecule has 0 saturated heterocycles. The fourth-order valence-electron chi connectivity index (χ4n) is 2.01. The molecule has 1 amide bonds. The summed E-state index contributed by atoms with van der Waals surface area (Å²) in [6, 6.07) is 16.9. The van der Waals surface area contributed by atoms with Crippen LogP contribution in [0.5, 0.6) is 0 Å². The third-order valence-electron chi connectivity index (χ3n) is 3.06. The van der Waals surface area contributed by atoms with Gasteiger partial charge in [0.05, 0.1) is 12.1 Å². The van der Waals surface area contributed by atoms with Crippen LogP contribution < -0.4 is 5.32 Å². The number of carbonyl (C=O) groups excluding carboxylic acids is 1. The Morgan fingerprint density at radius 1 is 1.09 bits per heavy atom. The first-order chi connectivity index (χ1) is 10.7. The molecule has 0 atom stereocenters. The highest BCUT2D eigenvalue weighted by atomic mass is 35.5. The number of hydrogen-bond acceptors (Lipinski definition) is 3. The van der Waals surface area contributed by atoms with Crippen LogP contribution in [-0.2, 0) is 11.2 Å². The van der Waals surface area contributed by atoms with Crippen molar-refractivity contribution < 1.29 is 4.79 Å². The maximum atomic E-state index is 12.0. The first kappa shape index (κ1) is 14.8. The van der Waals surface area contributed by atoms with E-state index < -0.39 is 0 Å². The van der Waals surface area contributed by atoms with E-state index in [9.17, 15) is 4.79 Å². The summed E-state index contributed by atoms with van der Waals surface area (Å²) in [4.78, 5) is 16.5. The second-order valence-corrected chi connectivity index (χ2v) is 6.10. The van der Waals surface area contributed by atoms with Gasteiger partial charge in [0.15, 0.2) is 0 Å². The lowest BCUT2D eigenvalue weighted by atomic mass is 10.2. The van der Waals surface area contributed by atoms with Crippen molar-refractivity contribution in [3.8, 4) is 11.3 Å². The summed E-state index contributed by atoms with van der Waals surface area (Å²) < 4.78 is 0. The summed E-state index contributed by atoms with van der Waals surface area (Å²) in [7, 11) is 0. The van der Waals surface area contributed by atoms with Crippen LogP contribution in [0.4, 0.5) is 5.69 Å². The molecule has 5 heteroatoms. The van der Waals surface area contributed by atoms with Crippen molar-refractivity contribution in [3.63, 3.8) is 0 Å². The van der Waals surface area contributed by atoms with E-state index >= 15 is 0 Å². The van der Waals surface area contributed by atoms with Crippen LogP contribution in [0, 0.1) is 0 Å². The van der Waals surface area contributed by atoms with E-state index in [-0.39, 0.29) is 12.3 Å². The Morgan fingerprint density at radius 2 is 1.82 bits per heavy atom. The Kier molecular flexibility index (Phi) is 4.51. The van der Waals surface area contributed by atoms with Gasteiger partial charge in [-0.15, -0.1) is 11.3 Å². The summed E-state index contributed by atoms with van der Waals surface area (Å²) in [6.45, 7) is 0. The maximum Gasteiger partial charge on any atom is 0.231 e. The lowest BCUT2D eigenvalue weighted by molar-refractivity contribution is -0.115. The van der Waals surface area contributed by atoms with E-state index in [1.165, 1.54) is 11.3 Å². The molecule has 1 aromatic heterocycles. The predicted molar refractivity (Wildman–Crippen MR) is 91.3 cm³/mol. The van der Waals surface area contributed by atoms with E-state index in [1.807, 2.05) is 60.0 Å². The Labute approximate surface area is 137 Å². The average molecular weight is 329 g/mol. The van der Waals surface area contributed by atoms with Crippen molar-refractivity contribution >= 4 is 34.5 Å². The van der Waals surface area contributed by atoms with Gasteiger partial charge in [-0.05, 0) is 24.3 Å². The third kappa shape index (κ3) is 3.72. The molecular weight excluding hydrogens is 316 g/mol. The molecule has 0 radical (unpaired) electrons. The highest BCUT2D eigenvalue weighted by molar-refractivity contribution is 7.10. The SMILES string of the molecule is O=C(Cc1nc(-c2ccc(Cl)cc2)cs1)Nc1ccccc1. The van der Waals surface area contributed by atoms with E-state index in [2.05, 4.69) is 10.3 Å². The van der Waals surface area contributed by atoms with Crippen molar-refractivity contribution in [1.82, 2.24) is 4.98 Å². The molecule has 0 aliphatic heterocycles. The highest BCUT2D eigenvalue weighted by Crippen LogP contribution is 2.23. The van der Waals surface area contributed by atoms with Gasteiger partial charge in [0.25, 0.3) is 0 Å². The molecule has 0 unspecified atom stereocenters. The summed E-state index contributed by atoms with van der Waals surface area (Å²) in [5.41, 5.74) is 2.65. The van der Waals surface area contributed by atoms with Crippen molar-refractivity contribution in [2.45, 2.75) is 6.42 Å². The summed E-state index contributed by atoms with van der Waals surface area (Å²) in [5.74, 6) is -0.0665. The number of benzene rings is 2. The number of aromatic nitrogens is 1. The smallest absolute Gasteiger partial charge is 0.231 e. The zero-order chi connectivity index (χ0) is 15.4. The fourth-order valence-corrected chi connectivity index (χ4v) is 2.94. The van der Waals surface area contributed by atoms with Gasteiger partial charge in [0.2, 0.25) is 5.91 Å². The van der Waals surface area contributed by atoms with Gasteiger partial charge in [-0.1, -0.05) is 41.9 Å². The van der Waals surface area contributed by atoms with Crippen LogP contribution >= 0.6 is 22.9 Å². The van der Waals surface area contributed by atoms with Crippen molar-refractivity contribution in [1.29, 1.82) is 0 Å². The summed E-state index contributed by atoms with van der Waals surface area (Å²) in [6.07, 6.45) is 0.271. The largest absolute Gasteiger partial charge is 0.326 e. The van der Waals surface area contributed by atoms with Gasteiger partial charge in [0, 0.05) is 21.7 Å². The van der Waals surface area contributed by atoms with Crippen LogP contribution in [0.3, 0.4) is 0 Å². The second kappa shape index (κ2) is 6.73. The molecule has 3 rings (SSSR count). The molecule has 2 aromatic carbocycles. The van der Waals surface area contributed by atoms with Crippen LogP contribution in [0.1, 0.15) is 5.01 Å². The Morgan fingerprint density at radius 3 is 2.55 bits per heavy atom. The average Bonchev–Trinajstić information content (AvgIpc) is 2.97. The number of thiazole rings is 1. The molecule has 0 bridgehead atoms. The van der Waals surface area contributed by atoms with Gasteiger partial charge in [-0.3, -0.25) is 4.79 Å². The first-order valence-corrected chi connectivity index (χ1v) is 8.02. The minimum absolute atomic E-state index is 0.0665. The van der Waals surface area contributed by atoms with E-state index in [1.54, 1.807) is 0 Å². The Balaban J connectivity index is 1.66. The molecular formula is C17H13ClN2OS. The van der Waals surface area contributed by atoms with Gasteiger partial charge < -0.3 is 5.32 Å². The summed E-state index contributed by atoms with van der Waals surface area (Å²) in [5, 5.41) is 6.30. The Hall–Kier alpha value is -2.17. The van der Waals surface area contributed by atoms with Crippen LogP contribution in [0.25, 0.3) is 11.3 Å². The molecule has 1 N–H and O–H groups in total. The third-order valence-corrected chi connectivity index (χ3v) is 4.16. The van der Waals surface area contributed by atoms with Gasteiger partial charge in [-0.25, -0.2) is 4.98 Å². The lowest BCUT2D eigenvalue weighted by Gasteiger charge is -2.02. The number of hydrogen-bond donors (Lipinski definition) is 1. The highest BCUT2D eigenvalue weighted by Gasteiger charge is 2.09. The number of nitrogens with one attached hydrogen (secondary N) is 1. The number of amides is 1. The number of nitrogens with zero attached hydrogens (tertiary/aromatic N) is 1. The minimum atomic E-state index is -0.0665. The van der Waals surface area contributed by atoms with Crippen molar-refractivity contribution in [3.05, 3.63) is 70.0 Å². The van der Waals surface area contributed by atoms with Crippen molar-refractivity contribution in [2.75, 3.05) is 5.32 Å². The standard InChI is InChI=1S/C17H13ClN2OS/c18-13-8-6-12(7-9-13)15-11-22-17(20-15)10-16(21)19-14-4-2-1-3-5-14/h1-9,11H,10H2,(H,19,21). The number of rotatable bonds is 4. The van der Waals surface area contributed by atoms with Gasteiger partial charge >= 0.3 is 0 Å². The summed E-state index contributed by atoms with van der Waals surface area (Å²) >= 11 is 7.36. The Bertz CT molecular complexity index is 769. The van der Waals surface area contributed by atoms with Crippen LogP contribution in [0.2, 0.25) is 5.02 Å². The van der Waals surface area contributed by atoms with E-state index in [0.717, 1.165) is 22.0 Å². The molecule has 0 aliphatic carbocycles. The number of halogens is 1. The van der Waals surface area contributed by atoms with E-state index in [0.29, 0.717) is 5.02 Å². The second-order valence-electron chi connectivity index (χ2n) is 4.72. The predicted octanol–water partition coefficient (Wildman–Crippen LogP) is 4.64. The monoisotopic (exact) mass is 328 g/mol. The topological polar surface area (TPSA) is 42.0 Å². The molecule has 0 spiro atoms. The molecule has 3 aromatic rings. The molecule has 22 heavy (non-hydrogen) atoms. The number of para-hydroxylation sites is 1. The lowest BCUT2D eigenvalue weighted by Crippen LogP contribution is -2.14. The molecule has 0 aliphatic rings. The zero-order valence-corrected chi connectivity index (χ0v) is 13.2. The van der Waals surface area contributed by atoms with Crippen LogP contribution in [-0.4, -0.2) is 10.9 Å². The van der Waals surface area contributed by atoms with Crippen molar-refractivity contribution in [2.24, 2.45) is 0 Å². The molecule has 0 saturated carbocycles. The van der Waals surface area contributed by atoms with E-state index in [4.69, 9.17) is 11.6 Å². The normalized spacial score (nSPS) is 10.4. The number of anilines is 1. The molecule has 3 nitrogen and oxygen atoms in total. The molecule has 1 heterocycles. The number of carbonyl (C=O) groups is 1. The molecule has 0 fully saturated rings. The minimum Gasteiger partial charge on any atom is -0.326 e. The fraction of sp³-hybridized carbons (Fsp3) is 0.0588. The van der Waals surface area contributed by atoms with Gasteiger partial charge in [-0.2, -0.15) is 0 Å². The van der Waals surface area contributed by atoms with Gasteiger partial charge in [0.1, 0.15) is 5.01 Å². The van der Waals surface area contributed by atoms with Crippen LogP contribution in [0.15, 0.2) is 60.0 Å². The first-order valence-electron chi connectivity index (χ1n) is 6.76. The maximum absolute atomic E-state index is 12.0.